The van der Waals surface area contributed by atoms with Gasteiger partial charge in [0.25, 0.3) is 0 Å². The van der Waals surface area contributed by atoms with E-state index >= 15 is 0 Å². The lowest BCUT2D eigenvalue weighted by molar-refractivity contribution is -0.157. The first-order valence-corrected chi connectivity index (χ1v) is 21.0. The van der Waals surface area contributed by atoms with Crippen molar-refractivity contribution in [2.45, 2.75) is 232 Å². The molecule has 268 valence electrons. The highest BCUT2D eigenvalue weighted by Gasteiger charge is 2.36. The van der Waals surface area contributed by atoms with Gasteiger partial charge in [0, 0.05) is 0 Å². The maximum absolute atomic E-state index is 12.0. The largest absolute Gasteiger partial charge is 0.430 e. The SMILES string of the molecule is CCCCCCCCC/C=C/CCCCCCCCC/C=C1/OC(=O)C1CCCCCCCCC/C=C/CCCCCCCCC. The van der Waals surface area contributed by atoms with E-state index in [-0.39, 0.29) is 11.9 Å². The number of allylic oxidation sites excluding steroid dienone is 5. The van der Waals surface area contributed by atoms with Gasteiger partial charge in [-0.15, -0.1) is 0 Å². The van der Waals surface area contributed by atoms with Crippen LogP contribution in [0.25, 0.3) is 0 Å². The van der Waals surface area contributed by atoms with Crippen molar-refractivity contribution in [3.63, 3.8) is 0 Å². The van der Waals surface area contributed by atoms with Crippen LogP contribution in [0.15, 0.2) is 36.1 Å². The van der Waals surface area contributed by atoms with Crippen molar-refractivity contribution in [2.75, 3.05) is 0 Å². The number of cyclic esters (lactones) is 1. The fourth-order valence-electron chi connectivity index (χ4n) is 6.70. The van der Waals surface area contributed by atoms with Crippen molar-refractivity contribution in [3.05, 3.63) is 36.1 Å². The number of rotatable bonds is 36. The van der Waals surface area contributed by atoms with E-state index in [2.05, 4.69) is 44.2 Å². The van der Waals surface area contributed by atoms with E-state index in [1.807, 2.05) is 0 Å². The molecule has 1 saturated heterocycles. The minimum atomic E-state index is 0.0129. The lowest BCUT2D eigenvalue weighted by Gasteiger charge is -2.28. The Balaban J connectivity index is 1.84. The summed E-state index contributed by atoms with van der Waals surface area (Å²) >= 11 is 0. The fraction of sp³-hybridized carbons (Fsp3) is 0.841. The predicted octanol–water partition coefficient (Wildman–Crippen LogP) is 15.5. The van der Waals surface area contributed by atoms with Gasteiger partial charge >= 0.3 is 5.97 Å². The number of hydrogen-bond acceptors (Lipinski definition) is 2. The molecule has 0 saturated carbocycles. The topological polar surface area (TPSA) is 26.3 Å². The molecule has 1 heterocycles. The van der Waals surface area contributed by atoms with Crippen molar-refractivity contribution < 1.29 is 9.53 Å². The molecule has 46 heavy (non-hydrogen) atoms. The van der Waals surface area contributed by atoms with Crippen LogP contribution in [0.4, 0.5) is 0 Å². The summed E-state index contributed by atoms with van der Waals surface area (Å²) in [6.45, 7) is 4.58. The van der Waals surface area contributed by atoms with Crippen LogP contribution in [0.3, 0.4) is 0 Å². The van der Waals surface area contributed by atoms with Crippen LogP contribution in [0.2, 0.25) is 0 Å². The number of unbranched alkanes of at least 4 members (excludes halogenated alkanes) is 29. The predicted molar refractivity (Wildman–Crippen MR) is 204 cm³/mol. The van der Waals surface area contributed by atoms with Gasteiger partial charge in [-0.3, -0.25) is 4.79 Å². The van der Waals surface area contributed by atoms with Gasteiger partial charge in [0.05, 0.1) is 0 Å². The van der Waals surface area contributed by atoms with Gasteiger partial charge in [-0.25, -0.2) is 0 Å². The van der Waals surface area contributed by atoms with Crippen LogP contribution in [-0.2, 0) is 9.53 Å². The average Bonchev–Trinajstić information content (AvgIpc) is 3.06. The summed E-state index contributed by atoms with van der Waals surface area (Å²) < 4.78 is 5.39. The second kappa shape index (κ2) is 35.0. The van der Waals surface area contributed by atoms with Crippen molar-refractivity contribution in [2.24, 2.45) is 5.92 Å². The Morgan fingerprint density at radius 2 is 0.717 bits per heavy atom. The van der Waals surface area contributed by atoms with E-state index < -0.39 is 0 Å². The van der Waals surface area contributed by atoms with E-state index in [1.165, 1.54) is 199 Å². The Hall–Kier alpha value is -1.31. The highest BCUT2D eigenvalue weighted by Crippen LogP contribution is 2.32. The summed E-state index contributed by atoms with van der Waals surface area (Å²) in [6.07, 6.45) is 57.2. The van der Waals surface area contributed by atoms with Crippen molar-refractivity contribution >= 4 is 5.97 Å². The highest BCUT2D eigenvalue weighted by molar-refractivity contribution is 5.82. The summed E-state index contributed by atoms with van der Waals surface area (Å²) in [5.74, 6) is 1.06. The average molecular weight is 641 g/mol. The molecule has 1 atom stereocenters. The minimum absolute atomic E-state index is 0.0129. The molecule has 0 aromatic heterocycles. The van der Waals surface area contributed by atoms with Gasteiger partial charge < -0.3 is 4.74 Å². The highest BCUT2D eigenvalue weighted by atomic mass is 16.6. The van der Waals surface area contributed by atoms with Gasteiger partial charge in [-0.1, -0.05) is 186 Å². The van der Waals surface area contributed by atoms with Gasteiger partial charge in [0.1, 0.15) is 11.7 Å². The first-order valence-electron chi connectivity index (χ1n) is 21.0. The maximum Gasteiger partial charge on any atom is 0.321 e. The molecule has 0 aromatic carbocycles. The molecule has 0 spiro atoms. The lowest BCUT2D eigenvalue weighted by atomic mass is 9.93. The third-order valence-corrected chi connectivity index (χ3v) is 9.91. The Labute approximate surface area is 289 Å². The minimum Gasteiger partial charge on any atom is -0.430 e. The second-order valence-corrected chi connectivity index (χ2v) is 14.4. The molecule has 0 radical (unpaired) electrons. The van der Waals surface area contributed by atoms with Gasteiger partial charge in [-0.05, 0) is 76.7 Å². The molecule has 1 aliphatic heterocycles. The summed E-state index contributed by atoms with van der Waals surface area (Å²) in [7, 11) is 0. The molecule has 2 heteroatoms. The molecule has 1 aliphatic rings. The van der Waals surface area contributed by atoms with E-state index in [0.29, 0.717) is 0 Å². The Morgan fingerprint density at radius 1 is 0.413 bits per heavy atom. The Bertz CT molecular complexity index is 732. The van der Waals surface area contributed by atoms with Gasteiger partial charge in [0.15, 0.2) is 0 Å². The zero-order chi connectivity index (χ0) is 33.0. The molecule has 0 amide bonds. The lowest BCUT2D eigenvalue weighted by Crippen LogP contribution is -2.32. The molecule has 2 nitrogen and oxygen atoms in total. The molecule has 1 fully saturated rings. The molecule has 1 rings (SSSR count). The van der Waals surface area contributed by atoms with Gasteiger partial charge in [0.2, 0.25) is 0 Å². The van der Waals surface area contributed by atoms with Crippen molar-refractivity contribution in [1.82, 2.24) is 0 Å². The molecule has 0 N–H and O–H groups in total. The zero-order valence-electron chi connectivity index (χ0n) is 31.3. The number of carbonyl (C=O) groups is 1. The zero-order valence-corrected chi connectivity index (χ0v) is 31.3. The molecular formula is C44H80O2. The summed E-state index contributed by atoms with van der Waals surface area (Å²) in [5, 5.41) is 0. The number of ether oxygens (including phenoxy) is 1. The van der Waals surface area contributed by atoms with Gasteiger partial charge in [-0.2, -0.15) is 0 Å². The van der Waals surface area contributed by atoms with Crippen LogP contribution >= 0.6 is 0 Å². The Morgan fingerprint density at radius 3 is 1.07 bits per heavy atom. The van der Waals surface area contributed by atoms with Crippen LogP contribution < -0.4 is 0 Å². The summed E-state index contributed by atoms with van der Waals surface area (Å²) in [6, 6.07) is 0. The second-order valence-electron chi connectivity index (χ2n) is 14.4. The summed E-state index contributed by atoms with van der Waals surface area (Å²) in [5.41, 5.74) is 0. The Kier molecular flexibility index (Phi) is 32.5. The molecule has 0 bridgehead atoms. The van der Waals surface area contributed by atoms with Crippen molar-refractivity contribution in [3.8, 4) is 0 Å². The summed E-state index contributed by atoms with van der Waals surface area (Å²) in [4.78, 5) is 12.0. The number of hydrogen-bond donors (Lipinski definition) is 0. The monoisotopic (exact) mass is 641 g/mol. The molecule has 1 unspecified atom stereocenters. The molecule has 0 aromatic rings. The molecular weight excluding hydrogens is 560 g/mol. The maximum atomic E-state index is 12.0. The van der Waals surface area contributed by atoms with E-state index in [0.717, 1.165) is 25.0 Å². The smallest absolute Gasteiger partial charge is 0.321 e. The first-order chi connectivity index (χ1) is 22.8. The fourth-order valence-corrected chi connectivity index (χ4v) is 6.70. The van der Waals surface area contributed by atoms with E-state index in [1.54, 1.807) is 0 Å². The van der Waals surface area contributed by atoms with E-state index in [9.17, 15) is 4.79 Å². The first kappa shape index (κ1) is 42.7. The van der Waals surface area contributed by atoms with E-state index in [4.69, 9.17) is 4.74 Å². The van der Waals surface area contributed by atoms with Crippen LogP contribution in [0.1, 0.15) is 232 Å². The quantitative estimate of drug-likeness (QED) is 0.0387. The van der Waals surface area contributed by atoms with Crippen LogP contribution in [0, 0.1) is 5.92 Å². The standard InChI is InChI=1S/C44H80O2/c1-3-5-7-9-11-13-15-17-19-21-23-25-27-29-31-33-35-37-39-41-43-42(44(45)46-43)40-38-36-34-32-30-28-26-24-22-20-18-16-14-12-10-8-6-4-2/h19-22,41-42H,3-18,23-40H2,1-2H3/b21-19+,22-20+,43-41+. The number of carbonyl (C=O) groups excluding carboxylic acids is 1. The van der Waals surface area contributed by atoms with Crippen LogP contribution in [0.5, 0.6) is 0 Å². The van der Waals surface area contributed by atoms with Crippen molar-refractivity contribution in [1.29, 1.82) is 0 Å². The number of esters is 1. The third-order valence-electron chi connectivity index (χ3n) is 9.91. The molecule has 0 aliphatic carbocycles. The van der Waals surface area contributed by atoms with Crippen LogP contribution in [-0.4, -0.2) is 5.97 Å². The third kappa shape index (κ3) is 27.8. The normalized spacial score (nSPS) is 15.8.